The fourth-order valence-electron chi connectivity index (χ4n) is 4.65. The number of hydrogen-bond donors (Lipinski definition) is 0. The van der Waals surface area contributed by atoms with Gasteiger partial charge < -0.3 is 14.1 Å². The summed E-state index contributed by atoms with van der Waals surface area (Å²) >= 11 is 0. The van der Waals surface area contributed by atoms with E-state index in [0.29, 0.717) is 35.4 Å². The lowest BCUT2D eigenvalue weighted by Gasteiger charge is -2.25. The minimum atomic E-state index is -0.588. The monoisotopic (exact) mass is 440 g/mol. The third kappa shape index (κ3) is 3.57. The SMILES string of the molecule is CCOc1cccc(C2c3c(oc4cc(C)cc(C)c4c3=O)C(=O)N2Cc2cccnc2)c1. The molecular weight excluding hydrogens is 416 g/mol. The maximum Gasteiger partial charge on any atom is 0.291 e. The zero-order valence-electron chi connectivity index (χ0n) is 18.8. The molecule has 5 rings (SSSR count). The number of rotatable bonds is 5. The van der Waals surface area contributed by atoms with E-state index in [1.807, 2.05) is 69.3 Å². The molecule has 0 fully saturated rings. The predicted molar refractivity (Wildman–Crippen MR) is 126 cm³/mol. The van der Waals surface area contributed by atoms with Gasteiger partial charge in [-0.3, -0.25) is 14.6 Å². The summed E-state index contributed by atoms with van der Waals surface area (Å²) in [5.74, 6) is 0.487. The van der Waals surface area contributed by atoms with Gasteiger partial charge in [-0.25, -0.2) is 0 Å². The Kier molecular flexibility index (Phi) is 5.21. The Morgan fingerprint density at radius 1 is 1.09 bits per heavy atom. The highest BCUT2D eigenvalue weighted by atomic mass is 16.5. The third-order valence-corrected chi connectivity index (χ3v) is 5.97. The van der Waals surface area contributed by atoms with Gasteiger partial charge >= 0.3 is 0 Å². The lowest BCUT2D eigenvalue weighted by atomic mass is 9.96. The Balaban J connectivity index is 1.75. The van der Waals surface area contributed by atoms with Crippen molar-refractivity contribution < 1.29 is 13.9 Å². The molecule has 2 aromatic heterocycles. The highest BCUT2D eigenvalue weighted by Gasteiger charge is 2.43. The van der Waals surface area contributed by atoms with Gasteiger partial charge in [0.05, 0.1) is 23.6 Å². The molecule has 166 valence electrons. The molecule has 6 nitrogen and oxygen atoms in total. The number of benzene rings is 2. The molecule has 3 heterocycles. The molecule has 0 N–H and O–H groups in total. The number of aromatic nitrogens is 1. The van der Waals surface area contributed by atoms with E-state index in [9.17, 15) is 9.59 Å². The van der Waals surface area contributed by atoms with E-state index in [0.717, 1.165) is 22.3 Å². The lowest BCUT2D eigenvalue weighted by Crippen LogP contribution is -2.29. The van der Waals surface area contributed by atoms with E-state index < -0.39 is 6.04 Å². The number of carbonyl (C=O) groups excluding carboxylic acids is 1. The number of fused-ring (bicyclic) bond motifs is 2. The Morgan fingerprint density at radius 2 is 1.94 bits per heavy atom. The molecule has 1 unspecified atom stereocenters. The second kappa shape index (κ2) is 8.20. The van der Waals surface area contributed by atoms with E-state index in [1.54, 1.807) is 17.3 Å². The van der Waals surface area contributed by atoms with Gasteiger partial charge in [0.25, 0.3) is 5.91 Å². The van der Waals surface area contributed by atoms with Crippen LogP contribution in [0.25, 0.3) is 11.0 Å². The van der Waals surface area contributed by atoms with Crippen molar-refractivity contribution in [1.82, 2.24) is 9.88 Å². The van der Waals surface area contributed by atoms with E-state index in [-0.39, 0.29) is 17.1 Å². The maximum absolute atomic E-state index is 13.8. The van der Waals surface area contributed by atoms with E-state index >= 15 is 0 Å². The fourth-order valence-corrected chi connectivity index (χ4v) is 4.65. The lowest BCUT2D eigenvalue weighted by molar-refractivity contribution is 0.0714. The van der Waals surface area contributed by atoms with Crippen LogP contribution in [0.5, 0.6) is 5.75 Å². The molecule has 1 aliphatic rings. The maximum atomic E-state index is 13.8. The van der Waals surface area contributed by atoms with Crippen molar-refractivity contribution in [2.75, 3.05) is 6.61 Å². The number of hydrogen-bond acceptors (Lipinski definition) is 5. The summed E-state index contributed by atoms with van der Waals surface area (Å²) in [5.41, 5.74) is 4.12. The molecule has 1 amide bonds. The summed E-state index contributed by atoms with van der Waals surface area (Å²) in [4.78, 5) is 33.3. The molecule has 0 aliphatic carbocycles. The molecule has 1 aliphatic heterocycles. The Labute approximate surface area is 191 Å². The van der Waals surface area contributed by atoms with Crippen LogP contribution in [0.3, 0.4) is 0 Å². The number of amides is 1. The first-order valence-electron chi connectivity index (χ1n) is 11.0. The average Bonchev–Trinajstić information content (AvgIpc) is 3.06. The van der Waals surface area contributed by atoms with Gasteiger partial charge in [-0.15, -0.1) is 0 Å². The first kappa shape index (κ1) is 20.9. The zero-order chi connectivity index (χ0) is 23.1. The topological polar surface area (TPSA) is 72.6 Å². The molecule has 33 heavy (non-hydrogen) atoms. The molecule has 1 atom stereocenters. The van der Waals surface area contributed by atoms with Crippen LogP contribution in [0.2, 0.25) is 0 Å². The van der Waals surface area contributed by atoms with Crippen molar-refractivity contribution in [2.45, 2.75) is 33.4 Å². The highest BCUT2D eigenvalue weighted by Crippen LogP contribution is 2.40. The number of aryl methyl sites for hydroxylation is 2. The predicted octanol–water partition coefficient (Wildman–Crippen LogP) is 4.95. The second-order valence-corrected chi connectivity index (χ2v) is 8.33. The van der Waals surface area contributed by atoms with E-state index in [1.165, 1.54) is 0 Å². The van der Waals surface area contributed by atoms with Gasteiger partial charge in [0.15, 0.2) is 5.43 Å². The number of carbonyl (C=O) groups is 1. The van der Waals surface area contributed by atoms with Crippen molar-refractivity contribution >= 4 is 16.9 Å². The van der Waals surface area contributed by atoms with Gasteiger partial charge in [-0.2, -0.15) is 0 Å². The van der Waals surface area contributed by atoms with Crippen LogP contribution < -0.4 is 10.2 Å². The smallest absolute Gasteiger partial charge is 0.291 e. The molecule has 0 saturated carbocycles. The normalized spacial score (nSPS) is 15.2. The third-order valence-electron chi connectivity index (χ3n) is 5.97. The van der Waals surface area contributed by atoms with Crippen molar-refractivity contribution in [3.63, 3.8) is 0 Å². The van der Waals surface area contributed by atoms with Gasteiger partial charge in [0.2, 0.25) is 5.76 Å². The molecular formula is C27H24N2O4. The molecule has 0 spiro atoms. The fraction of sp³-hybridized carbons (Fsp3) is 0.222. The minimum absolute atomic E-state index is 0.105. The highest BCUT2D eigenvalue weighted by molar-refractivity contribution is 5.99. The molecule has 6 heteroatoms. The molecule has 0 bridgehead atoms. The van der Waals surface area contributed by atoms with Gasteiger partial charge in [0, 0.05) is 18.9 Å². The van der Waals surface area contributed by atoms with Crippen molar-refractivity contribution in [3.8, 4) is 5.75 Å². The van der Waals surface area contributed by atoms with Crippen molar-refractivity contribution in [3.05, 3.63) is 105 Å². The van der Waals surface area contributed by atoms with Gasteiger partial charge in [-0.1, -0.05) is 24.3 Å². The quantitative estimate of drug-likeness (QED) is 0.439. The standard InChI is InChI=1S/C27H24N2O4/c1-4-32-20-9-5-8-19(13-20)24-23-25(30)22-17(3)11-16(2)12-21(22)33-26(23)27(31)29(24)15-18-7-6-10-28-14-18/h5-14,24H,4,15H2,1-3H3. The number of pyridine rings is 1. The van der Waals surface area contributed by atoms with Crippen LogP contribution in [0, 0.1) is 13.8 Å². The largest absolute Gasteiger partial charge is 0.494 e. The first-order chi connectivity index (χ1) is 16.0. The van der Waals surface area contributed by atoms with Gasteiger partial charge in [-0.05, 0) is 67.3 Å². The average molecular weight is 440 g/mol. The molecule has 0 radical (unpaired) electrons. The Bertz CT molecular complexity index is 1430. The van der Waals surface area contributed by atoms with E-state index in [4.69, 9.17) is 9.15 Å². The van der Waals surface area contributed by atoms with Crippen LogP contribution in [0.15, 0.2) is 70.1 Å². The summed E-state index contributed by atoms with van der Waals surface area (Å²) in [6, 6.07) is 14.5. The second-order valence-electron chi connectivity index (χ2n) is 8.33. The van der Waals surface area contributed by atoms with Crippen LogP contribution in [0.1, 0.15) is 51.3 Å². The van der Waals surface area contributed by atoms with Crippen LogP contribution in [-0.4, -0.2) is 22.4 Å². The minimum Gasteiger partial charge on any atom is -0.494 e. The Hall–Kier alpha value is -3.93. The summed E-state index contributed by atoms with van der Waals surface area (Å²) in [7, 11) is 0. The Morgan fingerprint density at radius 3 is 2.70 bits per heavy atom. The van der Waals surface area contributed by atoms with Gasteiger partial charge in [0.1, 0.15) is 11.3 Å². The van der Waals surface area contributed by atoms with Crippen LogP contribution >= 0.6 is 0 Å². The summed E-state index contributed by atoms with van der Waals surface area (Å²) in [6.07, 6.45) is 3.42. The summed E-state index contributed by atoms with van der Waals surface area (Å²) in [6.45, 7) is 6.58. The molecule has 2 aromatic carbocycles. The zero-order valence-corrected chi connectivity index (χ0v) is 18.8. The number of ether oxygens (including phenoxy) is 1. The van der Waals surface area contributed by atoms with Crippen LogP contribution in [-0.2, 0) is 6.54 Å². The van der Waals surface area contributed by atoms with Crippen molar-refractivity contribution in [2.24, 2.45) is 0 Å². The van der Waals surface area contributed by atoms with Crippen molar-refractivity contribution in [1.29, 1.82) is 0 Å². The first-order valence-corrected chi connectivity index (χ1v) is 11.0. The van der Waals surface area contributed by atoms with E-state index in [2.05, 4.69) is 4.98 Å². The summed E-state index contributed by atoms with van der Waals surface area (Å²) < 4.78 is 11.8. The molecule has 4 aromatic rings. The van der Waals surface area contributed by atoms with Crippen LogP contribution in [0.4, 0.5) is 0 Å². The summed E-state index contributed by atoms with van der Waals surface area (Å²) in [5, 5.41) is 0.515. The number of nitrogens with zero attached hydrogens (tertiary/aromatic N) is 2. The molecule has 0 saturated heterocycles.